The van der Waals surface area contributed by atoms with Crippen molar-refractivity contribution in [3.8, 4) is 0 Å². The second kappa shape index (κ2) is 7.14. The van der Waals surface area contributed by atoms with Gasteiger partial charge in [0.25, 0.3) is 5.92 Å². The van der Waals surface area contributed by atoms with Gasteiger partial charge in [-0.3, -0.25) is 0 Å². The van der Waals surface area contributed by atoms with E-state index in [9.17, 15) is 30.4 Å². The Bertz CT molecular complexity index is 907. The fourth-order valence-corrected chi connectivity index (χ4v) is 4.78. The Morgan fingerprint density at radius 2 is 1.47 bits per heavy atom. The van der Waals surface area contributed by atoms with Gasteiger partial charge >= 0.3 is 13.3 Å². The van der Waals surface area contributed by atoms with Gasteiger partial charge in [-0.2, -0.15) is 17.5 Å². The summed E-state index contributed by atoms with van der Waals surface area (Å²) >= 11 is 0. The average Bonchev–Trinajstić information content (AvgIpc) is 2.81. The molecule has 0 atom stereocenters. The predicted octanol–water partition coefficient (Wildman–Crippen LogP) is 3.42. The first-order valence-corrected chi connectivity index (χ1v) is 10.8. The average molecular weight is 455 g/mol. The summed E-state index contributed by atoms with van der Waals surface area (Å²) in [6.45, 7) is 5.91. The smallest absolute Gasteiger partial charge is 0.399 e. The molecule has 0 saturated carbocycles. The number of hydrogen-bond acceptors (Lipinski definition) is 4. The molecule has 2 aliphatic heterocycles. The molecule has 0 aromatic heterocycles. The molecular formula is C18H23BF5NO4S. The van der Waals surface area contributed by atoms with Crippen molar-refractivity contribution in [1.29, 1.82) is 0 Å². The van der Waals surface area contributed by atoms with E-state index in [0.717, 1.165) is 16.4 Å². The normalized spacial score (nSPS) is 24.2. The molecule has 0 radical (unpaired) electrons. The van der Waals surface area contributed by atoms with Crippen LogP contribution in [0.15, 0.2) is 23.1 Å². The molecule has 3 rings (SSSR count). The topological polar surface area (TPSA) is 55.8 Å². The van der Waals surface area contributed by atoms with Gasteiger partial charge in [0.1, 0.15) is 0 Å². The number of benzene rings is 1. The second-order valence-electron chi connectivity index (χ2n) is 8.64. The summed E-state index contributed by atoms with van der Waals surface area (Å²) in [6.07, 6.45) is -6.19. The number of halogens is 5. The molecule has 0 spiro atoms. The fraction of sp³-hybridized carbons (Fsp3) is 0.667. The molecule has 5 nitrogen and oxygen atoms in total. The minimum atomic E-state index is -4.82. The Hall–Kier alpha value is -1.24. The zero-order valence-corrected chi connectivity index (χ0v) is 17.8. The first-order chi connectivity index (χ1) is 13.4. The highest BCUT2D eigenvalue weighted by Gasteiger charge is 2.52. The van der Waals surface area contributed by atoms with E-state index < -0.39 is 76.8 Å². The Balaban J connectivity index is 2.03. The maximum absolute atomic E-state index is 13.5. The standard InChI is InChI=1S/C18H23BF5NO4S/c1-15(2)16(3,4)29-19(28-15)13-9-12(18(22,23)24)10-14(11-13)30(26,27)25-7-5-17(20,21)6-8-25/h9-11H,5-8H2,1-4H3. The van der Waals surface area contributed by atoms with Crippen LogP contribution in [-0.4, -0.2) is 50.1 Å². The van der Waals surface area contributed by atoms with E-state index in [4.69, 9.17) is 9.31 Å². The SMILES string of the molecule is CC1(C)OB(c2cc(C(F)(F)F)cc(S(=O)(=O)N3CCC(F)(F)CC3)c2)OC1(C)C. The zero-order valence-electron chi connectivity index (χ0n) is 17.0. The van der Waals surface area contributed by atoms with Gasteiger partial charge in [0.15, 0.2) is 0 Å². The van der Waals surface area contributed by atoms with E-state index >= 15 is 0 Å². The van der Waals surface area contributed by atoms with Crippen molar-refractivity contribution in [2.75, 3.05) is 13.1 Å². The van der Waals surface area contributed by atoms with Crippen LogP contribution in [0.4, 0.5) is 22.0 Å². The van der Waals surface area contributed by atoms with Gasteiger partial charge < -0.3 is 9.31 Å². The van der Waals surface area contributed by atoms with Gasteiger partial charge in [-0.15, -0.1) is 0 Å². The van der Waals surface area contributed by atoms with Gasteiger partial charge in [-0.25, -0.2) is 17.2 Å². The number of hydrogen-bond donors (Lipinski definition) is 0. The van der Waals surface area contributed by atoms with Crippen molar-refractivity contribution < 1.29 is 39.7 Å². The third kappa shape index (κ3) is 4.37. The van der Waals surface area contributed by atoms with Crippen LogP contribution >= 0.6 is 0 Å². The van der Waals surface area contributed by atoms with E-state index in [2.05, 4.69) is 0 Å². The third-order valence-corrected chi connectivity index (χ3v) is 7.75. The number of alkyl halides is 5. The summed E-state index contributed by atoms with van der Waals surface area (Å²) in [6, 6.07) is 2.35. The quantitative estimate of drug-likeness (QED) is 0.518. The van der Waals surface area contributed by atoms with Crippen molar-refractivity contribution in [2.24, 2.45) is 0 Å². The molecule has 168 valence electrons. The maximum Gasteiger partial charge on any atom is 0.494 e. The van der Waals surface area contributed by atoms with E-state index in [1.54, 1.807) is 27.7 Å². The van der Waals surface area contributed by atoms with E-state index in [1.807, 2.05) is 0 Å². The van der Waals surface area contributed by atoms with E-state index in [0.29, 0.717) is 6.07 Å². The first kappa shape index (κ1) is 23.4. The Morgan fingerprint density at radius 1 is 0.967 bits per heavy atom. The Labute approximate surface area is 172 Å². The predicted molar refractivity (Wildman–Crippen MR) is 100 cm³/mol. The van der Waals surface area contributed by atoms with Crippen molar-refractivity contribution in [1.82, 2.24) is 4.31 Å². The van der Waals surface area contributed by atoms with Crippen molar-refractivity contribution in [3.05, 3.63) is 23.8 Å². The molecule has 2 fully saturated rings. The van der Waals surface area contributed by atoms with Crippen LogP contribution in [0, 0.1) is 0 Å². The lowest BCUT2D eigenvalue weighted by atomic mass is 9.78. The number of nitrogens with zero attached hydrogens (tertiary/aromatic N) is 1. The van der Waals surface area contributed by atoms with Gasteiger partial charge in [-0.1, -0.05) is 6.07 Å². The van der Waals surface area contributed by atoms with Crippen molar-refractivity contribution in [2.45, 2.75) is 68.7 Å². The van der Waals surface area contributed by atoms with Crippen LogP contribution in [0.2, 0.25) is 0 Å². The van der Waals surface area contributed by atoms with Crippen molar-refractivity contribution >= 4 is 22.6 Å². The molecule has 0 N–H and O–H groups in total. The molecular weight excluding hydrogens is 432 g/mol. The van der Waals surface area contributed by atoms with Crippen LogP contribution in [-0.2, 0) is 25.5 Å². The summed E-state index contributed by atoms with van der Waals surface area (Å²) in [5.74, 6) is -2.99. The van der Waals surface area contributed by atoms with Gasteiger partial charge in [0.2, 0.25) is 10.0 Å². The van der Waals surface area contributed by atoms with Gasteiger partial charge in [0.05, 0.1) is 21.7 Å². The molecule has 30 heavy (non-hydrogen) atoms. The molecule has 0 bridgehead atoms. The largest absolute Gasteiger partial charge is 0.494 e. The summed E-state index contributed by atoms with van der Waals surface area (Å²) in [4.78, 5) is -0.632. The maximum atomic E-state index is 13.5. The molecule has 0 aliphatic carbocycles. The molecule has 0 amide bonds. The second-order valence-corrected chi connectivity index (χ2v) is 10.6. The monoisotopic (exact) mass is 455 g/mol. The summed E-state index contributed by atoms with van der Waals surface area (Å²) in [5, 5.41) is 0. The lowest BCUT2D eigenvalue weighted by Crippen LogP contribution is -2.43. The lowest BCUT2D eigenvalue weighted by Gasteiger charge is -2.32. The molecule has 0 unspecified atom stereocenters. The number of sulfonamides is 1. The molecule has 2 saturated heterocycles. The first-order valence-electron chi connectivity index (χ1n) is 9.40. The minimum absolute atomic E-state index is 0.107. The highest BCUT2D eigenvalue weighted by Crippen LogP contribution is 2.38. The van der Waals surface area contributed by atoms with Crippen LogP contribution < -0.4 is 5.46 Å². The summed E-state index contributed by atoms with van der Waals surface area (Å²) in [7, 11) is -5.63. The van der Waals surface area contributed by atoms with Crippen LogP contribution in [0.1, 0.15) is 46.1 Å². The lowest BCUT2D eigenvalue weighted by molar-refractivity contribution is -0.137. The van der Waals surface area contributed by atoms with Crippen LogP contribution in [0.25, 0.3) is 0 Å². The Morgan fingerprint density at radius 3 is 1.93 bits per heavy atom. The summed E-state index contributed by atoms with van der Waals surface area (Å²) < 4.78 is 105. The van der Waals surface area contributed by atoms with Crippen LogP contribution in [0.3, 0.4) is 0 Å². The number of piperidine rings is 1. The van der Waals surface area contributed by atoms with Gasteiger partial charge in [-0.05, 0) is 45.3 Å². The third-order valence-electron chi connectivity index (χ3n) is 5.87. The fourth-order valence-electron chi connectivity index (χ4n) is 3.25. The molecule has 2 aliphatic rings. The highest BCUT2D eigenvalue weighted by atomic mass is 32.2. The molecule has 1 aromatic rings. The summed E-state index contributed by atoms with van der Waals surface area (Å²) in [5.41, 5.74) is -2.98. The molecule has 2 heterocycles. The molecule has 1 aromatic carbocycles. The van der Waals surface area contributed by atoms with E-state index in [1.165, 1.54) is 0 Å². The Kier molecular flexibility index (Phi) is 5.58. The minimum Gasteiger partial charge on any atom is -0.399 e. The number of rotatable bonds is 3. The highest BCUT2D eigenvalue weighted by molar-refractivity contribution is 7.89. The molecule has 12 heteroatoms. The van der Waals surface area contributed by atoms with Crippen LogP contribution in [0.5, 0.6) is 0 Å². The van der Waals surface area contributed by atoms with E-state index in [-0.39, 0.29) is 5.46 Å². The van der Waals surface area contributed by atoms with Crippen molar-refractivity contribution in [3.63, 3.8) is 0 Å². The zero-order chi connectivity index (χ0) is 22.8. The van der Waals surface area contributed by atoms with Gasteiger partial charge in [0, 0.05) is 25.9 Å².